The van der Waals surface area contributed by atoms with E-state index in [2.05, 4.69) is 0 Å². The average Bonchev–Trinajstić information content (AvgIpc) is 2.78. The lowest BCUT2D eigenvalue weighted by atomic mass is 9.76. The van der Waals surface area contributed by atoms with E-state index < -0.39 is 17.5 Å². The van der Waals surface area contributed by atoms with Crippen molar-refractivity contribution in [2.24, 2.45) is 0 Å². The standard InChI is InChI=1S/C21H26O4/c1-5-10-24-16-6-8-21(9-7-16)19(22)18(20(23)25-21)17-14(3)11-13(2)12-15(17)4/h5,10-12,16,18H,6-9H2,1-4H3/b10-5+. The molecule has 4 heteroatoms. The highest BCUT2D eigenvalue weighted by atomic mass is 16.6. The minimum Gasteiger partial charge on any atom is -0.498 e. The highest BCUT2D eigenvalue weighted by Crippen LogP contribution is 2.45. The van der Waals surface area contributed by atoms with Gasteiger partial charge in [-0.1, -0.05) is 23.8 Å². The number of hydrogen-bond donors (Lipinski definition) is 0. The molecule has 1 aliphatic carbocycles. The van der Waals surface area contributed by atoms with Gasteiger partial charge in [0.15, 0.2) is 11.4 Å². The maximum absolute atomic E-state index is 13.2. The fourth-order valence-electron chi connectivity index (χ4n) is 4.30. The summed E-state index contributed by atoms with van der Waals surface area (Å²) in [5.74, 6) is -1.25. The molecule has 1 saturated heterocycles. The molecule has 1 spiro atoms. The zero-order valence-corrected chi connectivity index (χ0v) is 15.4. The molecule has 25 heavy (non-hydrogen) atoms. The number of benzene rings is 1. The third kappa shape index (κ3) is 3.10. The summed E-state index contributed by atoms with van der Waals surface area (Å²) in [5.41, 5.74) is 2.96. The second-order valence-corrected chi connectivity index (χ2v) is 7.33. The molecule has 1 aromatic rings. The van der Waals surface area contributed by atoms with Crippen LogP contribution in [0.4, 0.5) is 0 Å². The quantitative estimate of drug-likeness (QED) is 0.472. The van der Waals surface area contributed by atoms with Crippen molar-refractivity contribution in [3.8, 4) is 0 Å². The molecule has 0 aromatic heterocycles. The first-order valence-electron chi connectivity index (χ1n) is 8.99. The molecule has 0 N–H and O–H groups in total. The molecule has 1 atom stereocenters. The Hall–Kier alpha value is -2.10. The summed E-state index contributed by atoms with van der Waals surface area (Å²) in [5, 5.41) is 0. The van der Waals surface area contributed by atoms with E-state index in [4.69, 9.17) is 9.47 Å². The summed E-state index contributed by atoms with van der Waals surface area (Å²) in [6, 6.07) is 4.05. The number of carbonyl (C=O) groups is 2. The summed E-state index contributed by atoms with van der Waals surface area (Å²) in [6.07, 6.45) is 6.16. The molecule has 4 nitrogen and oxygen atoms in total. The molecular formula is C21H26O4. The molecule has 0 amide bonds. The van der Waals surface area contributed by atoms with Gasteiger partial charge in [-0.3, -0.25) is 9.59 Å². The maximum atomic E-state index is 13.2. The Balaban J connectivity index is 1.85. The van der Waals surface area contributed by atoms with Crippen LogP contribution in [0.1, 0.15) is 60.8 Å². The molecular weight excluding hydrogens is 316 g/mol. The van der Waals surface area contributed by atoms with Gasteiger partial charge in [-0.15, -0.1) is 0 Å². The van der Waals surface area contributed by atoms with Crippen LogP contribution < -0.4 is 0 Å². The predicted octanol–water partition coefficient (Wildman–Crippen LogP) is 4.05. The van der Waals surface area contributed by atoms with Gasteiger partial charge in [0, 0.05) is 0 Å². The number of hydrogen-bond acceptors (Lipinski definition) is 4. The molecule has 0 bridgehead atoms. The van der Waals surface area contributed by atoms with Crippen molar-refractivity contribution in [3.05, 3.63) is 46.7 Å². The Morgan fingerprint density at radius 2 is 1.72 bits per heavy atom. The van der Waals surface area contributed by atoms with Gasteiger partial charge >= 0.3 is 5.97 Å². The van der Waals surface area contributed by atoms with Gasteiger partial charge in [0.2, 0.25) is 0 Å². The van der Waals surface area contributed by atoms with Crippen LogP contribution in [0.2, 0.25) is 0 Å². The number of esters is 1. The van der Waals surface area contributed by atoms with Gasteiger partial charge in [0.1, 0.15) is 5.92 Å². The van der Waals surface area contributed by atoms with Crippen molar-refractivity contribution >= 4 is 11.8 Å². The largest absolute Gasteiger partial charge is 0.498 e. The second kappa shape index (κ2) is 6.66. The molecule has 134 valence electrons. The molecule has 0 radical (unpaired) electrons. The third-order valence-electron chi connectivity index (χ3n) is 5.42. The minimum absolute atomic E-state index is 0.0722. The summed E-state index contributed by atoms with van der Waals surface area (Å²) >= 11 is 0. The summed E-state index contributed by atoms with van der Waals surface area (Å²) < 4.78 is 11.3. The van der Waals surface area contributed by atoms with Crippen LogP contribution in [0, 0.1) is 20.8 Å². The first kappa shape index (κ1) is 17.7. The van der Waals surface area contributed by atoms with E-state index in [0.29, 0.717) is 12.8 Å². The number of ether oxygens (including phenoxy) is 2. The van der Waals surface area contributed by atoms with Gasteiger partial charge in [-0.2, -0.15) is 0 Å². The molecule has 1 unspecified atom stereocenters. The van der Waals surface area contributed by atoms with Crippen molar-refractivity contribution in [3.63, 3.8) is 0 Å². The average molecular weight is 342 g/mol. The fourth-order valence-corrected chi connectivity index (χ4v) is 4.30. The molecule has 2 fully saturated rings. The van der Waals surface area contributed by atoms with Gasteiger partial charge < -0.3 is 9.47 Å². The van der Waals surface area contributed by atoms with Crippen LogP contribution in [-0.4, -0.2) is 23.5 Å². The number of rotatable bonds is 3. The Labute approximate surface area is 149 Å². The lowest BCUT2D eigenvalue weighted by Crippen LogP contribution is -2.42. The normalized spacial score (nSPS) is 29.4. The lowest BCUT2D eigenvalue weighted by molar-refractivity contribution is -0.157. The lowest BCUT2D eigenvalue weighted by Gasteiger charge is -2.34. The number of aryl methyl sites for hydroxylation is 3. The molecule has 3 rings (SSSR count). The predicted molar refractivity (Wildman–Crippen MR) is 95.4 cm³/mol. The molecule has 1 aliphatic heterocycles. The minimum atomic E-state index is -0.957. The SMILES string of the molecule is C/C=C/OC1CCC2(CC1)OC(=O)C(c1c(C)cc(C)cc1C)C2=O. The molecule has 1 heterocycles. The zero-order valence-electron chi connectivity index (χ0n) is 15.4. The Bertz CT molecular complexity index is 700. The van der Waals surface area contributed by atoms with E-state index >= 15 is 0 Å². The van der Waals surface area contributed by atoms with E-state index in [9.17, 15) is 9.59 Å². The van der Waals surface area contributed by atoms with Crippen LogP contribution in [0.25, 0.3) is 0 Å². The van der Waals surface area contributed by atoms with Crippen LogP contribution in [0.3, 0.4) is 0 Å². The van der Waals surface area contributed by atoms with E-state index in [1.54, 1.807) is 6.26 Å². The monoisotopic (exact) mass is 342 g/mol. The smallest absolute Gasteiger partial charge is 0.322 e. The molecule has 1 aromatic carbocycles. The van der Waals surface area contributed by atoms with Gasteiger partial charge in [-0.25, -0.2) is 0 Å². The highest BCUT2D eigenvalue weighted by Gasteiger charge is 2.57. The number of allylic oxidation sites excluding steroid dienone is 1. The van der Waals surface area contributed by atoms with Gasteiger partial charge in [0.05, 0.1) is 12.4 Å². The summed E-state index contributed by atoms with van der Waals surface area (Å²) in [6.45, 7) is 7.85. The summed E-state index contributed by atoms with van der Waals surface area (Å²) in [4.78, 5) is 25.8. The van der Waals surface area contributed by atoms with Gasteiger partial charge in [0.25, 0.3) is 0 Å². The van der Waals surface area contributed by atoms with Crippen molar-refractivity contribution in [2.75, 3.05) is 0 Å². The fraction of sp³-hybridized carbons (Fsp3) is 0.524. The molecule has 1 saturated carbocycles. The van der Waals surface area contributed by atoms with Crippen molar-refractivity contribution < 1.29 is 19.1 Å². The topological polar surface area (TPSA) is 52.6 Å². The van der Waals surface area contributed by atoms with Crippen molar-refractivity contribution in [1.29, 1.82) is 0 Å². The number of carbonyl (C=O) groups excluding carboxylic acids is 2. The second-order valence-electron chi connectivity index (χ2n) is 7.33. The number of Topliss-reactive ketones (excluding diaryl/α,β-unsaturated/α-hetero) is 1. The van der Waals surface area contributed by atoms with Crippen LogP contribution >= 0.6 is 0 Å². The van der Waals surface area contributed by atoms with Crippen molar-refractivity contribution in [1.82, 2.24) is 0 Å². The maximum Gasteiger partial charge on any atom is 0.322 e. The summed E-state index contributed by atoms with van der Waals surface area (Å²) in [7, 11) is 0. The Kier molecular flexibility index (Phi) is 4.72. The zero-order chi connectivity index (χ0) is 18.2. The number of ketones is 1. The van der Waals surface area contributed by atoms with Crippen LogP contribution in [0.5, 0.6) is 0 Å². The van der Waals surface area contributed by atoms with Crippen LogP contribution in [-0.2, 0) is 19.1 Å². The van der Waals surface area contributed by atoms with Crippen LogP contribution in [0.15, 0.2) is 24.5 Å². The van der Waals surface area contributed by atoms with E-state index in [-0.39, 0.29) is 11.9 Å². The Morgan fingerprint density at radius 1 is 1.12 bits per heavy atom. The first-order valence-corrected chi connectivity index (χ1v) is 8.99. The third-order valence-corrected chi connectivity index (χ3v) is 5.42. The van der Waals surface area contributed by atoms with Crippen molar-refractivity contribution in [2.45, 2.75) is 71.0 Å². The van der Waals surface area contributed by atoms with E-state index in [0.717, 1.165) is 35.1 Å². The highest BCUT2D eigenvalue weighted by molar-refractivity contribution is 6.14. The molecule has 2 aliphatic rings. The Morgan fingerprint density at radius 3 is 2.28 bits per heavy atom. The van der Waals surface area contributed by atoms with E-state index in [1.165, 1.54) is 0 Å². The first-order chi connectivity index (χ1) is 11.9. The van der Waals surface area contributed by atoms with Gasteiger partial charge in [-0.05, 0) is 70.1 Å². The van der Waals surface area contributed by atoms with E-state index in [1.807, 2.05) is 45.9 Å².